The maximum atomic E-state index is 11.9. The van der Waals surface area contributed by atoms with Crippen molar-refractivity contribution in [2.75, 3.05) is 59.0 Å². The standard InChI is InChI=1S/C19H31N5O2S/c1-3-20-18(23-10-12-24(13-11-23)19(25)26-4-2)21-7-9-22-8-5-17-16(15-22)6-14-27-17/h6,14H,3-5,7-13,15H2,1-2H3,(H,20,21). The van der Waals surface area contributed by atoms with Crippen LogP contribution in [0.15, 0.2) is 16.4 Å². The van der Waals surface area contributed by atoms with E-state index in [0.29, 0.717) is 19.7 Å². The summed E-state index contributed by atoms with van der Waals surface area (Å²) in [5.74, 6) is 0.953. The lowest BCUT2D eigenvalue weighted by Crippen LogP contribution is -2.54. The van der Waals surface area contributed by atoms with Gasteiger partial charge in [-0.1, -0.05) is 0 Å². The topological polar surface area (TPSA) is 60.4 Å². The molecule has 1 saturated heterocycles. The van der Waals surface area contributed by atoms with E-state index in [1.54, 1.807) is 9.78 Å². The maximum Gasteiger partial charge on any atom is 0.409 e. The fourth-order valence-electron chi connectivity index (χ4n) is 3.54. The molecule has 8 heteroatoms. The van der Waals surface area contributed by atoms with Gasteiger partial charge in [0.25, 0.3) is 0 Å². The first kappa shape index (κ1) is 19.9. The van der Waals surface area contributed by atoms with Crippen LogP contribution >= 0.6 is 11.3 Å². The molecular formula is C19H31N5O2S. The number of hydrogen-bond acceptors (Lipinski definition) is 5. The lowest BCUT2D eigenvalue weighted by atomic mass is 10.1. The second-order valence-electron chi connectivity index (χ2n) is 6.80. The van der Waals surface area contributed by atoms with E-state index in [0.717, 1.165) is 58.2 Å². The Labute approximate surface area is 166 Å². The highest BCUT2D eigenvalue weighted by Gasteiger charge is 2.24. The van der Waals surface area contributed by atoms with E-state index in [-0.39, 0.29) is 6.09 Å². The molecule has 1 amide bonds. The molecule has 0 bridgehead atoms. The summed E-state index contributed by atoms with van der Waals surface area (Å²) in [7, 11) is 0. The second-order valence-corrected chi connectivity index (χ2v) is 7.80. The predicted molar refractivity (Wildman–Crippen MR) is 109 cm³/mol. The van der Waals surface area contributed by atoms with Gasteiger partial charge in [0.05, 0.1) is 13.2 Å². The van der Waals surface area contributed by atoms with Crippen LogP contribution in [0.25, 0.3) is 0 Å². The van der Waals surface area contributed by atoms with Crippen LogP contribution < -0.4 is 5.32 Å². The van der Waals surface area contributed by atoms with E-state index < -0.39 is 0 Å². The summed E-state index contributed by atoms with van der Waals surface area (Å²) in [5, 5.41) is 5.60. The Balaban J connectivity index is 1.48. The quantitative estimate of drug-likeness (QED) is 0.611. The largest absolute Gasteiger partial charge is 0.450 e. The second kappa shape index (κ2) is 9.94. The summed E-state index contributed by atoms with van der Waals surface area (Å²) in [6.07, 6.45) is 0.948. The molecule has 150 valence electrons. The van der Waals surface area contributed by atoms with E-state index in [2.05, 4.69) is 33.5 Å². The fraction of sp³-hybridized carbons (Fsp3) is 0.684. The monoisotopic (exact) mass is 393 g/mol. The molecule has 0 aliphatic carbocycles. The average Bonchev–Trinajstić information content (AvgIpc) is 3.15. The van der Waals surface area contributed by atoms with Crippen molar-refractivity contribution in [3.05, 3.63) is 21.9 Å². The van der Waals surface area contributed by atoms with Crippen LogP contribution in [0.4, 0.5) is 4.79 Å². The summed E-state index contributed by atoms with van der Waals surface area (Å²) in [4.78, 5) is 24.7. The minimum atomic E-state index is -0.211. The predicted octanol–water partition coefficient (Wildman–Crippen LogP) is 1.85. The van der Waals surface area contributed by atoms with Crippen LogP contribution in [-0.2, 0) is 17.7 Å². The van der Waals surface area contributed by atoms with Gasteiger partial charge in [-0.15, -0.1) is 11.3 Å². The number of nitrogens with one attached hydrogen (secondary N) is 1. The first-order valence-corrected chi connectivity index (χ1v) is 10.8. The van der Waals surface area contributed by atoms with Gasteiger partial charge in [-0.25, -0.2) is 4.79 Å². The van der Waals surface area contributed by atoms with Crippen molar-refractivity contribution >= 4 is 23.4 Å². The van der Waals surface area contributed by atoms with Crippen LogP contribution in [0, 0.1) is 0 Å². The van der Waals surface area contributed by atoms with Crippen molar-refractivity contribution in [3.63, 3.8) is 0 Å². The molecule has 7 nitrogen and oxygen atoms in total. The zero-order valence-electron chi connectivity index (χ0n) is 16.4. The van der Waals surface area contributed by atoms with Gasteiger partial charge in [0, 0.05) is 57.2 Å². The van der Waals surface area contributed by atoms with Gasteiger partial charge in [0.2, 0.25) is 0 Å². The molecule has 0 unspecified atom stereocenters. The van der Waals surface area contributed by atoms with Crippen molar-refractivity contribution in [2.45, 2.75) is 26.8 Å². The van der Waals surface area contributed by atoms with E-state index in [9.17, 15) is 4.79 Å². The molecule has 0 saturated carbocycles. The summed E-state index contributed by atoms with van der Waals surface area (Å²) in [6, 6.07) is 2.25. The number of thiophene rings is 1. The SMILES string of the molecule is CCNC(=NCCN1CCc2sccc2C1)N1CCN(C(=O)OCC)CC1. The van der Waals surface area contributed by atoms with Crippen LogP contribution in [0.3, 0.4) is 0 Å². The Hall–Kier alpha value is -1.80. The Bertz CT molecular complexity index is 640. The van der Waals surface area contributed by atoms with Gasteiger partial charge < -0.3 is 19.9 Å². The molecule has 0 radical (unpaired) electrons. The average molecular weight is 394 g/mol. The number of ether oxygens (including phenoxy) is 1. The van der Waals surface area contributed by atoms with Gasteiger partial charge >= 0.3 is 6.09 Å². The van der Waals surface area contributed by atoms with Gasteiger partial charge in [-0.2, -0.15) is 0 Å². The number of carbonyl (C=O) groups is 1. The molecule has 2 aliphatic heterocycles. The number of rotatable bonds is 5. The molecule has 1 aromatic rings. The minimum absolute atomic E-state index is 0.211. The maximum absolute atomic E-state index is 11.9. The zero-order valence-corrected chi connectivity index (χ0v) is 17.3. The third-order valence-corrected chi connectivity index (χ3v) is 6.03. The van der Waals surface area contributed by atoms with Crippen molar-refractivity contribution < 1.29 is 9.53 Å². The van der Waals surface area contributed by atoms with E-state index in [1.807, 2.05) is 18.3 Å². The van der Waals surface area contributed by atoms with Gasteiger partial charge in [-0.05, 0) is 37.3 Å². The van der Waals surface area contributed by atoms with Crippen LogP contribution in [-0.4, -0.2) is 85.7 Å². The van der Waals surface area contributed by atoms with Gasteiger partial charge in [0.15, 0.2) is 5.96 Å². The Morgan fingerprint density at radius 1 is 1.22 bits per heavy atom. The normalized spacial score (nSPS) is 18.4. The highest BCUT2D eigenvalue weighted by Crippen LogP contribution is 2.23. The van der Waals surface area contributed by atoms with E-state index in [4.69, 9.17) is 9.73 Å². The van der Waals surface area contributed by atoms with Crippen molar-refractivity contribution in [2.24, 2.45) is 4.99 Å². The van der Waals surface area contributed by atoms with E-state index in [1.165, 1.54) is 5.56 Å². The number of amides is 1. The number of piperazine rings is 1. The summed E-state index contributed by atoms with van der Waals surface area (Å²) in [5.41, 5.74) is 1.48. The molecule has 3 rings (SSSR count). The lowest BCUT2D eigenvalue weighted by molar-refractivity contribution is 0.0914. The Kier molecular flexibility index (Phi) is 7.34. The lowest BCUT2D eigenvalue weighted by Gasteiger charge is -2.36. The molecule has 1 N–H and O–H groups in total. The summed E-state index contributed by atoms with van der Waals surface area (Å²) >= 11 is 1.88. The number of carbonyl (C=O) groups excluding carboxylic acids is 1. The highest BCUT2D eigenvalue weighted by molar-refractivity contribution is 7.10. The van der Waals surface area contributed by atoms with Crippen molar-refractivity contribution in [1.29, 1.82) is 0 Å². The molecule has 3 heterocycles. The first-order chi connectivity index (χ1) is 13.2. The van der Waals surface area contributed by atoms with Crippen molar-refractivity contribution in [3.8, 4) is 0 Å². The first-order valence-electron chi connectivity index (χ1n) is 9.93. The third-order valence-electron chi connectivity index (χ3n) is 5.00. The molecular weight excluding hydrogens is 362 g/mol. The zero-order chi connectivity index (χ0) is 19.1. The van der Waals surface area contributed by atoms with Crippen LogP contribution in [0.1, 0.15) is 24.3 Å². The molecule has 1 fully saturated rings. The molecule has 0 aromatic carbocycles. The smallest absolute Gasteiger partial charge is 0.409 e. The van der Waals surface area contributed by atoms with Crippen LogP contribution in [0.5, 0.6) is 0 Å². The number of guanidine groups is 1. The third kappa shape index (κ3) is 5.35. The summed E-state index contributed by atoms with van der Waals surface area (Å²) in [6.45, 7) is 12.1. The van der Waals surface area contributed by atoms with E-state index >= 15 is 0 Å². The number of aliphatic imine (C=N–C) groups is 1. The molecule has 0 spiro atoms. The summed E-state index contributed by atoms with van der Waals surface area (Å²) < 4.78 is 5.09. The van der Waals surface area contributed by atoms with Crippen molar-refractivity contribution in [1.82, 2.24) is 20.0 Å². The van der Waals surface area contributed by atoms with Gasteiger partial charge in [-0.3, -0.25) is 9.89 Å². The fourth-order valence-corrected chi connectivity index (χ4v) is 4.43. The van der Waals surface area contributed by atoms with Gasteiger partial charge in [0.1, 0.15) is 0 Å². The minimum Gasteiger partial charge on any atom is -0.450 e. The number of nitrogens with zero attached hydrogens (tertiary/aromatic N) is 4. The van der Waals surface area contributed by atoms with Crippen LogP contribution in [0.2, 0.25) is 0 Å². The molecule has 2 aliphatic rings. The molecule has 27 heavy (non-hydrogen) atoms. The molecule has 1 aromatic heterocycles. The molecule has 0 atom stereocenters. The highest BCUT2D eigenvalue weighted by atomic mass is 32.1. The Morgan fingerprint density at radius 2 is 2.00 bits per heavy atom. The Morgan fingerprint density at radius 3 is 2.74 bits per heavy atom. The number of hydrogen-bond donors (Lipinski definition) is 1. The number of fused-ring (bicyclic) bond motifs is 1.